The van der Waals surface area contributed by atoms with E-state index >= 15 is 0 Å². The smallest absolute Gasteiger partial charge is 0.290 e. The van der Waals surface area contributed by atoms with Crippen molar-refractivity contribution in [3.63, 3.8) is 0 Å². The van der Waals surface area contributed by atoms with Gasteiger partial charge in [0.15, 0.2) is 11.5 Å². The summed E-state index contributed by atoms with van der Waals surface area (Å²) in [4.78, 5) is 27.5. The first-order valence-corrected chi connectivity index (χ1v) is 10.3. The Balaban J connectivity index is 2.03. The maximum atomic E-state index is 13.0. The number of ether oxygens (including phenoxy) is 1. The molecule has 30 heavy (non-hydrogen) atoms. The van der Waals surface area contributed by atoms with Crippen LogP contribution in [0.3, 0.4) is 0 Å². The molecule has 3 rings (SSSR count). The molecule has 1 unspecified atom stereocenters. The molecule has 0 spiro atoms. The van der Waals surface area contributed by atoms with Gasteiger partial charge in [-0.15, -0.1) is 0 Å². The van der Waals surface area contributed by atoms with Crippen LogP contribution in [0.15, 0.2) is 59.9 Å². The number of Topliss-reactive ketones (excluding diaryl/α,β-unsaturated/α-hetero) is 1. The van der Waals surface area contributed by atoms with Crippen LogP contribution in [-0.4, -0.2) is 28.8 Å². The average Bonchev–Trinajstić information content (AvgIpc) is 2.98. The van der Waals surface area contributed by atoms with Crippen LogP contribution in [0.25, 0.3) is 0 Å². The lowest BCUT2D eigenvalue weighted by atomic mass is 9.90. The van der Waals surface area contributed by atoms with E-state index in [0.29, 0.717) is 5.92 Å². The second kappa shape index (κ2) is 8.74. The van der Waals surface area contributed by atoms with Gasteiger partial charge in [0.05, 0.1) is 18.7 Å². The summed E-state index contributed by atoms with van der Waals surface area (Å²) < 4.78 is 5.20. The van der Waals surface area contributed by atoms with E-state index in [2.05, 4.69) is 13.8 Å². The van der Waals surface area contributed by atoms with Crippen molar-refractivity contribution in [1.29, 1.82) is 0 Å². The molecular weight excluding hydrogens is 378 g/mol. The summed E-state index contributed by atoms with van der Waals surface area (Å²) in [7, 11) is 1.60. The molecule has 1 atom stereocenters. The van der Waals surface area contributed by atoms with E-state index in [1.54, 1.807) is 25.9 Å². The summed E-state index contributed by atoms with van der Waals surface area (Å²) in [6.45, 7) is 8.06. The minimum Gasteiger partial charge on any atom is -0.503 e. The van der Waals surface area contributed by atoms with E-state index in [4.69, 9.17) is 4.74 Å². The number of carbonyl (C=O) groups is 2. The quantitative estimate of drug-likeness (QED) is 0.706. The van der Waals surface area contributed by atoms with Crippen LogP contribution >= 0.6 is 0 Å². The molecule has 1 aliphatic rings. The first-order valence-electron chi connectivity index (χ1n) is 10.3. The van der Waals surface area contributed by atoms with Crippen molar-refractivity contribution < 1.29 is 19.4 Å². The SMILES string of the molecule is COc1ccc(CN2C(=O)C(O)=C(C(=O)C(C)C)C2c2ccc(C(C)C)cc2)cc1. The number of ketones is 1. The lowest BCUT2D eigenvalue weighted by Gasteiger charge is -2.27. The van der Waals surface area contributed by atoms with E-state index in [9.17, 15) is 14.7 Å². The van der Waals surface area contributed by atoms with E-state index in [-0.39, 0.29) is 23.8 Å². The molecule has 5 nitrogen and oxygen atoms in total. The number of benzene rings is 2. The topological polar surface area (TPSA) is 66.8 Å². The van der Waals surface area contributed by atoms with Crippen LogP contribution in [0.5, 0.6) is 5.75 Å². The zero-order chi connectivity index (χ0) is 22.0. The summed E-state index contributed by atoms with van der Waals surface area (Å²) >= 11 is 0. The Bertz CT molecular complexity index is 956. The van der Waals surface area contributed by atoms with Gasteiger partial charge in [0.2, 0.25) is 0 Å². The Morgan fingerprint density at radius 2 is 1.63 bits per heavy atom. The fourth-order valence-corrected chi connectivity index (χ4v) is 3.72. The van der Waals surface area contributed by atoms with Gasteiger partial charge in [-0.05, 0) is 34.7 Å². The Morgan fingerprint density at radius 1 is 1.03 bits per heavy atom. The standard InChI is InChI=1S/C25H29NO4/c1-15(2)18-8-10-19(11-9-18)22-21(23(27)16(3)4)24(28)25(29)26(22)14-17-6-12-20(30-5)13-7-17/h6-13,15-16,22,28H,14H2,1-5H3. The first kappa shape index (κ1) is 21.6. The average molecular weight is 408 g/mol. The number of carbonyl (C=O) groups excluding carboxylic acids is 2. The molecule has 5 heteroatoms. The minimum atomic E-state index is -0.615. The number of aliphatic hydroxyl groups is 1. The Labute approximate surface area is 178 Å². The molecule has 2 aromatic rings. The van der Waals surface area contributed by atoms with E-state index in [1.807, 2.05) is 48.5 Å². The second-order valence-electron chi connectivity index (χ2n) is 8.29. The van der Waals surface area contributed by atoms with Crippen LogP contribution in [0.4, 0.5) is 0 Å². The fraction of sp³-hybridized carbons (Fsp3) is 0.360. The highest BCUT2D eigenvalue weighted by molar-refractivity contribution is 6.09. The number of nitrogens with zero attached hydrogens (tertiary/aromatic N) is 1. The maximum absolute atomic E-state index is 13.0. The van der Waals surface area contributed by atoms with Gasteiger partial charge < -0.3 is 14.7 Å². The van der Waals surface area contributed by atoms with E-state index < -0.39 is 17.7 Å². The summed E-state index contributed by atoms with van der Waals surface area (Å²) in [6.07, 6.45) is 0. The van der Waals surface area contributed by atoms with E-state index in [1.165, 1.54) is 5.56 Å². The largest absolute Gasteiger partial charge is 0.503 e. The van der Waals surface area contributed by atoms with Crippen LogP contribution < -0.4 is 4.74 Å². The van der Waals surface area contributed by atoms with Crippen molar-refractivity contribution >= 4 is 11.7 Å². The van der Waals surface area contributed by atoms with Gasteiger partial charge in [0.25, 0.3) is 5.91 Å². The minimum absolute atomic E-state index is 0.181. The zero-order valence-electron chi connectivity index (χ0n) is 18.2. The van der Waals surface area contributed by atoms with E-state index in [0.717, 1.165) is 16.9 Å². The third-order valence-electron chi connectivity index (χ3n) is 5.52. The molecule has 0 fully saturated rings. The molecule has 1 heterocycles. The Kier molecular flexibility index (Phi) is 6.30. The summed E-state index contributed by atoms with van der Waals surface area (Å²) in [5, 5.41) is 10.6. The van der Waals surface area contributed by atoms with Crippen molar-refractivity contribution in [3.05, 3.63) is 76.6 Å². The van der Waals surface area contributed by atoms with Crippen molar-refractivity contribution in [2.24, 2.45) is 5.92 Å². The van der Waals surface area contributed by atoms with Crippen molar-refractivity contribution in [2.45, 2.75) is 46.2 Å². The van der Waals surface area contributed by atoms with Crippen LogP contribution in [0.1, 0.15) is 56.3 Å². The predicted molar refractivity (Wildman–Crippen MR) is 116 cm³/mol. The molecular formula is C25H29NO4. The lowest BCUT2D eigenvalue weighted by Crippen LogP contribution is -2.31. The number of hydrogen-bond acceptors (Lipinski definition) is 4. The molecule has 158 valence electrons. The highest BCUT2D eigenvalue weighted by Crippen LogP contribution is 2.40. The van der Waals surface area contributed by atoms with Gasteiger partial charge in [0, 0.05) is 12.5 Å². The van der Waals surface area contributed by atoms with Crippen molar-refractivity contribution in [2.75, 3.05) is 7.11 Å². The molecule has 1 aliphatic heterocycles. The molecule has 0 aromatic heterocycles. The number of rotatable bonds is 7. The molecule has 0 bridgehead atoms. The Morgan fingerprint density at radius 3 is 2.13 bits per heavy atom. The predicted octanol–water partition coefficient (Wildman–Crippen LogP) is 4.94. The maximum Gasteiger partial charge on any atom is 0.290 e. The van der Waals surface area contributed by atoms with Crippen LogP contribution in [-0.2, 0) is 16.1 Å². The van der Waals surface area contributed by atoms with Crippen LogP contribution in [0, 0.1) is 5.92 Å². The number of amides is 1. The zero-order valence-corrected chi connectivity index (χ0v) is 18.2. The third-order valence-corrected chi connectivity index (χ3v) is 5.52. The fourth-order valence-electron chi connectivity index (χ4n) is 3.72. The van der Waals surface area contributed by atoms with Gasteiger partial charge in [-0.3, -0.25) is 9.59 Å². The third kappa shape index (κ3) is 4.11. The molecule has 2 aromatic carbocycles. The summed E-state index contributed by atoms with van der Waals surface area (Å²) in [5.41, 5.74) is 3.06. The lowest BCUT2D eigenvalue weighted by molar-refractivity contribution is -0.130. The van der Waals surface area contributed by atoms with Gasteiger partial charge in [-0.1, -0.05) is 64.1 Å². The highest BCUT2D eigenvalue weighted by atomic mass is 16.5. The monoisotopic (exact) mass is 407 g/mol. The van der Waals surface area contributed by atoms with Crippen molar-refractivity contribution in [1.82, 2.24) is 4.90 Å². The molecule has 1 N–H and O–H groups in total. The number of aliphatic hydroxyl groups excluding tert-OH is 1. The summed E-state index contributed by atoms with van der Waals surface area (Å²) in [6, 6.07) is 14.7. The molecule has 1 amide bonds. The molecule has 0 aliphatic carbocycles. The number of hydrogen-bond donors (Lipinski definition) is 1. The van der Waals surface area contributed by atoms with Gasteiger partial charge in [-0.25, -0.2) is 0 Å². The van der Waals surface area contributed by atoms with Crippen LogP contribution in [0.2, 0.25) is 0 Å². The molecule has 0 saturated carbocycles. The molecule has 0 radical (unpaired) electrons. The summed E-state index contributed by atoms with van der Waals surface area (Å²) in [5.74, 6) is -0.401. The normalized spacial score (nSPS) is 16.7. The Hall–Kier alpha value is -3.08. The van der Waals surface area contributed by atoms with Crippen molar-refractivity contribution in [3.8, 4) is 5.75 Å². The van der Waals surface area contributed by atoms with Gasteiger partial charge in [0.1, 0.15) is 5.75 Å². The van der Waals surface area contributed by atoms with Gasteiger partial charge >= 0.3 is 0 Å². The molecule has 0 saturated heterocycles. The first-order chi connectivity index (χ1) is 14.2. The number of methoxy groups -OCH3 is 1. The highest BCUT2D eigenvalue weighted by Gasteiger charge is 2.43. The second-order valence-corrected chi connectivity index (χ2v) is 8.29. The van der Waals surface area contributed by atoms with Gasteiger partial charge in [-0.2, -0.15) is 0 Å².